The van der Waals surface area contributed by atoms with Gasteiger partial charge in [0, 0.05) is 37.7 Å². The van der Waals surface area contributed by atoms with Crippen molar-refractivity contribution >= 4 is 29.1 Å². The van der Waals surface area contributed by atoms with E-state index in [-0.39, 0.29) is 10.6 Å². The zero-order valence-electron chi connectivity index (χ0n) is 13.9. The molecule has 1 aliphatic rings. The van der Waals surface area contributed by atoms with Crippen LogP contribution in [0.3, 0.4) is 0 Å². The number of hydrogen-bond donors (Lipinski definition) is 1. The molecule has 25 heavy (non-hydrogen) atoms. The van der Waals surface area contributed by atoms with E-state index in [9.17, 15) is 10.1 Å². The van der Waals surface area contributed by atoms with Crippen molar-refractivity contribution in [1.29, 1.82) is 0 Å². The Bertz CT molecular complexity index is 707. The fraction of sp³-hybridized carbons (Fsp3) is 0.412. The third kappa shape index (κ3) is 4.82. The second-order valence-electron chi connectivity index (χ2n) is 5.79. The molecule has 8 heteroatoms. The van der Waals surface area contributed by atoms with Crippen LogP contribution < -0.4 is 10.2 Å². The minimum atomic E-state index is -0.388. The molecule has 3 rings (SSSR count). The van der Waals surface area contributed by atoms with E-state index in [4.69, 9.17) is 0 Å². The summed E-state index contributed by atoms with van der Waals surface area (Å²) in [4.78, 5) is 21.8. The van der Waals surface area contributed by atoms with E-state index >= 15 is 0 Å². The lowest BCUT2D eigenvalue weighted by atomic mass is 10.1. The van der Waals surface area contributed by atoms with Gasteiger partial charge in [-0.3, -0.25) is 10.1 Å². The molecule has 132 valence electrons. The number of nitrogens with one attached hydrogen (secondary N) is 1. The standard InChI is InChI=1S/C17H21N5O2S/c23-22(24)14-7-8-15(21-11-4-1-5-12-21)20-17(14)19-10-13-25-16-6-2-3-9-18-16/h2-3,6-9H,1,4-5,10-13H2,(H,19,20). The number of aromatic nitrogens is 2. The highest BCUT2D eigenvalue weighted by Gasteiger charge is 2.19. The summed E-state index contributed by atoms with van der Waals surface area (Å²) in [5.74, 6) is 1.91. The molecule has 0 spiro atoms. The Kier molecular flexibility index (Phi) is 6.05. The molecule has 2 aromatic heterocycles. The second-order valence-corrected chi connectivity index (χ2v) is 6.90. The molecule has 1 fully saturated rings. The van der Waals surface area contributed by atoms with Crippen LogP contribution in [0.2, 0.25) is 0 Å². The largest absolute Gasteiger partial charge is 0.363 e. The van der Waals surface area contributed by atoms with Crippen LogP contribution in [0.25, 0.3) is 0 Å². The number of nitro groups is 1. The smallest absolute Gasteiger partial charge is 0.311 e. The lowest BCUT2D eigenvalue weighted by Crippen LogP contribution is -2.30. The van der Waals surface area contributed by atoms with E-state index in [2.05, 4.69) is 20.2 Å². The molecule has 0 saturated carbocycles. The van der Waals surface area contributed by atoms with Crippen LogP contribution in [-0.4, -0.2) is 40.3 Å². The Morgan fingerprint density at radius 2 is 2.04 bits per heavy atom. The molecule has 0 bridgehead atoms. The summed E-state index contributed by atoms with van der Waals surface area (Å²) in [5, 5.41) is 15.3. The van der Waals surface area contributed by atoms with Gasteiger partial charge in [-0.2, -0.15) is 0 Å². The number of thioether (sulfide) groups is 1. The third-order valence-electron chi connectivity index (χ3n) is 4.02. The fourth-order valence-corrected chi connectivity index (χ4v) is 3.50. The average molecular weight is 359 g/mol. The highest BCUT2D eigenvalue weighted by Crippen LogP contribution is 2.27. The Balaban J connectivity index is 1.64. The summed E-state index contributed by atoms with van der Waals surface area (Å²) in [7, 11) is 0. The zero-order chi connectivity index (χ0) is 17.5. The van der Waals surface area contributed by atoms with Gasteiger partial charge in [0.1, 0.15) is 5.82 Å². The van der Waals surface area contributed by atoms with E-state index in [0.717, 1.165) is 42.5 Å². The number of nitrogens with zero attached hydrogens (tertiary/aromatic N) is 4. The summed E-state index contributed by atoms with van der Waals surface area (Å²) in [6.45, 7) is 2.50. The SMILES string of the molecule is O=[N+]([O-])c1ccc(N2CCCCC2)nc1NCCSc1ccccn1. The lowest BCUT2D eigenvalue weighted by molar-refractivity contribution is -0.384. The van der Waals surface area contributed by atoms with Crippen molar-refractivity contribution in [2.45, 2.75) is 24.3 Å². The highest BCUT2D eigenvalue weighted by atomic mass is 32.2. The molecule has 0 radical (unpaired) electrons. The molecule has 1 N–H and O–H groups in total. The molecule has 0 atom stereocenters. The minimum absolute atomic E-state index is 0.0172. The molecular weight excluding hydrogens is 338 g/mol. The summed E-state index contributed by atoms with van der Waals surface area (Å²) in [5.41, 5.74) is 0.0172. The quantitative estimate of drug-likeness (QED) is 0.350. The first-order valence-corrected chi connectivity index (χ1v) is 9.41. The van der Waals surface area contributed by atoms with Gasteiger partial charge in [-0.1, -0.05) is 6.07 Å². The maximum atomic E-state index is 11.3. The molecule has 3 heterocycles. The summed E-state index contributed by atoms with van der Waals surface area (Å²) in [6, 6.07) is 9.06. The van der Waals surface area contributed by atoms with Crippen molar-refractivity contribution < 1.29 is 4.92 Å². The van der Waals surface area contributed by atoms with Gasteiger partial charge in [0.25, 0.3) is 0 Å². The van der Waals surface area contributed by atoms with Crippen LogP contribution in [0.15, 0.2) is 41.6 Å². The maximum Gasteiger partial charge on any atom is 0.311 e. The van der Waals surface area contributed by atoms with Crippen LogP contribution in [0.1, 0.15) is 19.3 Å². The lowest BCUT2D eigenvalue weighted by Gasteiger charge is -2.27. The predicted octanol–water partition coefficient (Wildman–Crippen LogP) is 3.58. The molecule has 2 aromatic rings. The monoisotopic (exact) mass is 359 g/mol. The second kappa shape index (κ2) is 8.66. The summed E-state index contributed by atoms with van der Waals surface area (Å²) < 4.78 is 0. The number of anilines is 2. The van der Waals surface area contributed by atoms with Gasteiger partial charge >= 0.3 is 5.69 Å². The Hall–Kier alpha value is -2.35. The molecule has 0 aliphatic carbocycles. The molecule has 0 unspecified atom stereocenters. The van der Waals surface area contributed by atoms with Crippen LogP contribution in [0, 0.1) is 10.1 Å². The molecule has 1 saturated heterocycles. The normalized spacial score (nSPS) is 14.3. The first-order valence-electron chi connectivity index (χ1n) is 8.42. The number of hydrogen-bond acceptors (Lipinski definition) is 7. The van der Waals surface area contributed by atoms with Crippen molar-refractivity contribution in [3.63, 3.8) is 0 Å². The summed E-state index contributed by atoms with van der Waals surface area (Å²) in [6.07, 6.45) is 5.27. The van der Waals surface area contributed by atoms with Gasteiger partial charge in [-0.15, -0.1) is 11.8 Å². The third-order valence-corrected chi connectivity index (χ3v) is 4.96. The first-order chi connectivity index (χ1) is 12.2. The van der Waals surface area contributed by atoms with E-state index in [1.165, 1.54) is 6.42 Å². The van der Waals surface area contributed by atoms with Crippen molar-refractivity contribution in [2.75, 3.05) is 35.6 Å². The van der Waals surface area contributed by atoms with Gasteiger partial charge in [-0.05, 0) is 37.5 Å². The van der Waals surface area contributed by atoms with Gasteiger partial charge in [0.2, 0.25) is 5.82 Å². The van der Waals surface area contributed by atoms with Crippen molar-refractivity contribution in [3.8, 4) is 0 Å². The van der Waals surface area contributed by atoms with Crippen LogP contribution in [0.5, 0.6) is 0 Å². The Labute approximate surface area is 151 Å². The van der Waals surface area contributed by atoms with E-state index < -0.39 is 0 Å². The number of piperidine rings is 1. The molecule has 7 nitrogen and oxygen atoms in total. The van der Waals surface area contributed by atoms with E-state index in [1.807, 2.05) is 18.2 Å². The van der Waals surface area contributed by atoms with Crippen LogP contribution >= 0.6 is 11.8 Å². The number of rotatable bonds is 7. The molecule has 0 amide bonds. The van der Waals surface area contributed by atoms with Gasteiger partial charge in [0.15, 0.2) is 0 Å². The maximum absolute atomic E-state index is 11.3. The predicted molar refractivity (Wildman–Crippen MR) is 100 cm³/mol. The molecule has 0 aromatic carbocycles. The van der Waals surface area contributed by atoms with Crippen molar-refractivity contribution in [3.05, 3.63) is 46.6 Å². The zero-order valence-corrected chi connectivity index (χ0v) is 14.7. The highest BCUT2D eigenvalue weighted by molar-refractivity contribution is 7.99. The van der Waals surface area contributed by atoms with Crippen LogP contribution in [0.4, 0.5) is 17.3 Å². The van der Waals surface area contributed by atoms with Gasteiger partial charge < -0.3 is 10.2 Å². The Morgan fingerprint density at radius 3 is 2.76 bits per heavy atom. The molecular formula is C17H21N5O2S. The first kappa shape index (κ1) is 17.5. The molecule has 1 aliphatic heterocycles. The van der Waals surface area contributed by atoms with Crippen molar-refractivity contribution in [2.24, 2.45) is 0 Å². The topological polar surface area (TPSA) is 84.2 Å². The average Bonchev–Trinajstić information content (AvgIpc) is 2.66. The van der Waals surface area contributed by atoms with Gasteiger partial charge in [-0.25, -0.2) is 9.97 Å². The number of pyridine rings is 2. The van der Waals surface area contributed by atoms with E-state index in [0.29, 0.717) is 12.4 Å². The van der Waals surface area contributed by atoms with Gasteiger partial charge in [0.05, 0.1) is 9.95 Å². The minimum Gasteiger partial charge on any atom is -0.363 e. The van der Waals surface area contributed by atoms with E-state index in [1.54, 1.807) is 30.1 Å². The summed E-state index contributed by atoms with van der Waals surface area (Å²) >= 11 is 1.60. The Morgan fingerprint density at radius 1 is 1.20 bits per heavy atom. The fourth-order valence-electron chi connectivity index (χ4n) is 2.78. The van der Waals surface area contributed by atoms with Crippen molar-refractivity contribution in [1.82, 2.24) is 9.97 Å². The van der Waals surface area contributed by atoms with Crippen LogP contribution in [-0.2, 0) is 0 Å².